The van der Waals surface area contributed by atoms with Gasteiger partial charge in [-0.05, 0) is 25.0 Å². The van der Waals surface area contributed by atoms with Gasteiger partial charge in [0.25, 0.3) is 0 Å². The minimum Gasteiger partial charge on any atom is -0.358 e. The van der Waals surface area contributed by atoms with E-state index in [0.29, 0.717) is 0 Å². The largest absolute Gasteiger partial charge is 0.358 e. The highest BCUT2D eigenvalue weighted by Gasteiger charge is 2.10. The van der Waals surface area contributed by atoms with Gasteiger partial charge >= 0.3 is 0 Å². The Balaban J connectivity index is 2.37. The first-order valence-electron chi connectivity index (χ1n) is 5.90. The van der Waals surface area contributed by atoms with Crippen molar-refractivity contribution in [3.63, 3.8) is 0 Å². The Labute approximate surface area is 101 Å². The zero-order chi connectivity index (χ0) is 11.8. The highest BCUT2D eigenvalue weighted by molar-refractivity contribution is 5.98. The average Bonchev–Trinajstić information content (AvgIpc) is 2.68. The van der Waals surface area contributed by atoms with E-state index in [4.69, 9.17) is 0 Å². The van der Waals surface area contributed by atoms with Crippen molar-refractivity contribution < 1.29 is 0 Å². The van der Waals surface area contributed by atoms with E-state index in [2.05, 4.69) is 67.4 Å². The van der Waals surface area contributed by atoms with Crippen molar-refractivity contribution in [1.82, 2.24) is 4.98 Å². The second-order valence-corrected chi connectivity index (χ2v) is 4.49. The number of hydrogen-bond donors (Lipinski definition) is 1. The molecule has 0 amide bonds. The minimum atomic E-state index is 1.24. The summed E-state index contributed by atoms with van der Waals surface area (Å²) in [6.45, 7) is 4.29. The highest BCUT2D eigenvalue weighted by Crippen LogP contribution is 2.32. The van der Waals surface area contributed by atoms with Crippen LogP contribution in [0.4, 0.5) is 0 Å². The van der Waals surface area contributed by atoms with Crippen LogP contribution in [0, 0.1) is 13.8 Å². The SMILES string of the molecule is Cc1[nH]c2c(C)cccc2c1-c1ccccc1. The minimum absolute atomic E-state index is 1.24. The molecule has 17 heavy (non-hydrogen) atoms. The molecule has 0 radical (unpaired) electrons. The zero-order valence-electron chi connectivity index (χ0n) is 10.1. The van der Waals surface area contributed by atoms with Crippen molar-refractivity contribution >= 4 is 10.9 Å². The predicted octanol–water partition coefficient (Wildman–Crippen LogP) is 4.45. The monoisotopic (exact) mass is 221 g/mol. The maximum atomic E-state index is 3.49. The predicted molar refractivity (Wildman–Crippen MR) is 73.2 cm³/mol. The Morgan fingerprint density at radius 3 is 2.35 bits per heavy atom. The molecule has 1 heteroatoms. The van der Waals surface area contributed by atoms with Gasteiger partial charge in [-0.1, -0.05) is 48.5 Å². The fourth-order valence-corrected chi connectivity index (χ4v) is 2.47. The maximum absolute atomic E-state index is 3.49. The molecule has 1 heterocycles. The first-order chi connectivity index (χ1) is 8.27. The van der Waals surface area contributed by atoms with Crippen LogP contribution in [0.2, 0.25) is 0 Å². The molecule has 1 N–H and O–H groups in total. The lowest BCUT2D eigenvalue weighted by atomic mass is 10.0. The van der Waals surface area contributed by atoms with Crippen LogP contribution in [0.5, 0.6) is 0 Å². The molecule has 2 aromatic carbocycles. The summed E-state index contributed by atoms with van der Waals surface area (Å²) in [5.74, 6) is 0. The molecule has 0 bridgehead atoms. The Morgan fingerprint density at radius 2 is 1.59 bits per heavy atom. The third-order valence-electron chi connectivity index (χ3n) is 3.29. The van der Waals surface area contributed by atoms with E-state index in [1.807, 2.05) is 0 Å². The smallest absolute Gasteiger partial charge is 0.0492 e. The van der Waals surface area contributed by atoms with E-state index in [9.17, 15) is 0 Å². The fraction of sp³-hybridized carbons (Fsp3) is 0.125. The first kappa shape index (κ1) is 10.2. The van der Waals surface area contributed by atoms with Gasteiger partial charge in [0.2, 0.25) is 0 Å². The van der Waals surface area contributed by atoms with Crippen molar-refractivity contribution in [3.8, 4) is 11.1 Å². The van der Waals surface area contributed by atoms with Crippen molar-refractivity contribution in [2.45, 2.75) is 13.8 Å². The molecule has 0 unspecified atom stereocenters. The number of para-hydroxylation sites is 1. The van der Waals surface area contributed by atoms with Gasteiger partial charge in [-0.3, -0.25) is 0 Å². The molecule has 3 aromatic rings. The van der Waals surface area contributed by atoms with Crippen molar-refractivity contribution in [1.29, 1.82) is 0 Å². The summed E-state index contributed by atoms with van der Waals surface area (Å²) >= 11 is 0. The Hall–Kier alpha value is -2.02. The molecule has 0 aliphatic carbocycles. The summed E-state index contributed by atoms with van der Waals surface area (Å²) in [7, 11) is 0. The van der Waals surface area contributed by atoms with Crippen LogP contribution in [0.1, 0.15) is 11.3 Å². The molecule has 0 atom stereocenters. The lowest BCUT2D eigenvalue weighted by Crippen LogP contribution is -1.78. The normalized spacial score (nSPS) is 10.9. The standard InChI is InChI=1S/C16H15N/c1-11-7-6-10-14-15(12(2)17-16(11)14)13-8-4-3-5-9-13/h3-10,17H,1-2H3. The second-order valence-electron chi connectivity index (χ2n) is 4.49. The quantitative estimate of drug-likeness (QED) is 0.624. The fourth-order valence-electron chi connectivity index (χ4n) is 2.47. The Bertz CT molecular complexity index is 663. The number of hydrogen-bond acceptors (Lipinski definition) is 0. The molecule has 0 aliphatic heterocycles. The van der Waals surface area contributed by atoms with Crippen LogP contribution in [-0.2, 0) is 0 Å². The Morgan fingerprint density at radius 1 is 0.824 bits per heavy atom. The van der Waals surface area contributed by atoms with Crippen LogP contribution in [0.3, 0.4) is 0 Å². The van der Waals surface area contributed by atoms with Crippen LogP contribution < -0.4 is 0 Å². The Kier molecular flexibility index (Phi) is 2.25. The lowest BCUT2D eigenvalue weighted by Gasteiger charge is -2.01. The van der Waals surface area contributed by atoms with Crippen LogP contribution in [-0.4, -0.2) is 4.98 Å². The van der Waals surface area contributed by atoms with Crippen LogP contribution in [0.15, 0.2) is 48.5 Å². The summed E-state index contributed by atoms with van der Waals surface area (Å²) in [6.07, 6.45) is 0. The maximum Gasteiger partial charge on any atom is 0.0492 e. The molecule has 0 saturated heterocycles. The number of fused-ring (bicyclic) bond motifs is 1. The van der Waals surface area contributed by atoms with Crippen molar-refractivity contribution in [2.75, 3.05) is 0 Å². The van der Waals surface area contributed by atoms with Gasteiger partial charge in [-0.15, -0.1) is 0 Å². The summed E-state index contributed by atoms with van der Waals surface area (Å²) in [5.41, 5.74) is 6.39. The molecule has 3 rings (SSSR count). The summed E-state index contributed by atoms with van der Waals surface area (Å²) in [5, 5.41) is 1.31. The van der Waals surface area contributed by atoms with Gasteiger partial charge < -0.3 is 4.98 Å². The van der Waals surface area contributed by atoms with Gasteiger partial charge in [0, 0.05) is 22.2 Å². The van der Waals surface area contributed by atoms with E-state index in [-0.39, 0.29) is 0 Å². The topological polar surface area (TPSA) is 15.8 Å². The number of aromatic nitrogens is 1. The molecule has 0 aliphatic rings. The van der Waals surface area contributed by atoms with E-state index >= 15 is 0 Å². The van der Waals surface area contributed by atoms with Crippen molar-refractivity contribution in [2.24, 2.45) is 0 Å². The summed E-state index contributed by atoms with van der Waals surface area (Å²) < 4.78 is 0. The number of rotatable bonds is 1. The molecule has 0 saturated carbocycles. The molecule has 84 valence electrons. The number of aromatic amines is 1. The third-order valence-corrected chi connectivity index (χ3v) is 3.29. The molecular formula is C16H15N. The summed E-state index contributed by atoms with van der Waals surface area (Å²) in [4.78, 5) is 3.49. The molecule has 0 fully saturated rings. The van der Waals surface area contributed by atoms with E-state index in [1.54, 1.807) is 0 Å². The number of benzene rings is 2. The van der Waals surface area contributed by atoms with Crippen LogP contribution in [0.25, 0.3) is 22.0 Å². The molecular weight excluding hydrogens is 206 g/mol. The summed E-state index contributed by atoms with van der Waals surface area (Å²) in [6, 6.07) is 17.0. The van der Waals surface area contributed by atoms with E-state index in [0.717, 1.165) is 0 Å². The first-order valence-corrected chi connectivity index (χ1v) is 5.90. The number of aryl methyl sites for hydroxylation is 2. The highest BCUT2D eigenvalue weighted by atomic mass is 14.7. The third kappa shape index (κ3) is 1.55. The van der Waals surface area contributed by atoms with E-state index < -0.39 is 0 Å². The zero-order valence-corrected chi connectivity index (χ0v) is 10.1. The molecule has 1 nitrogen and oxygen atoms in total. The molecule has 0 spiro atoms. The van der Waals surface area contributed by atoms with Gasteiger partial charge in [0.05, 0.1) is 0 Å². The molecule has 1 aromatic heterocycles. The average molecular weight is 221 g/mol. The number of nitrogens with one attached hydrogen (secondary N) is 1. The lowest BCUT2D eigenvalue weighted by molar-refractivity contribution is 1.29. The van der Waals surface area contributed by atoms with E-state index in [1.165, 1.54) is 33.3 Å². The van der Waals surface area contributed by atoms with Crippen molar-refractivity contribution in [3.05, 3.63) is 59.8 Å². The van der Waals surface area contributed by atoms with Gasteiger partial charge in [0.15, 0.2) is 0 Å². The van der Waals surface area contributed by atoms with Crippen LogP contribution >= 0.6 is 0 Å². The number of H-pyrrole nitrogens is 1. The van der Waals surface area contributed by atoms with Gasteiger partial charge in [-0.2, -0.15) is 0 Å². The van der Waals surface area contributed by atoms with Gasteiger partial charge in [0.1, 0.15) is 0 Å². The van der Waals surface area contributed by atoms with Gasteiger partial charge in [-0.25, -0.2) is 0 Å². The second kappa shape index (κ2) is 3.77.